The Labute approximate surface area is 353 Å². The van der Waals surface area contributed by atoms with Crippen molar-refractivity contribution in [3.05, 3.63) is 235 Å². The first-order chi connectivity index (χ1) is 29.7. The predicted molar refractivity (Wildman–Crippen MR) is 258 cm³/mol. The molecule has 282 valence electrons. The summed E-state index contributed by atoms with van der Waals surface area (Å²) in [6.45, 7) is 0. The third-order valence-electron chi connectivity index (χ3n) is 12.6. The van der Waals surface area contributed by atoms with Crippen LogP contribution in [0.4, 0.5) is 0 Å². The van der Waals surface area contributed by atoms with E-state index in [1.54, 1.807) is 0 Å². The fourth-order valence-electron chi connectivity index (χ4n) is 9.77. The van der Waals surface area contributed by atoms with Gasteiger partial charge in [-0.15, -0.1) is 11.3 Å². The molecule has 2 heteroatoms. The number of aromatic nitrogens is 1. The highest BCUT2D eigenvalue weighted by Gasteiger charge is 2.20. The third kappa shape index (κ3) is 5.75. The standard InChI is InChI=1S/C58H39NS/c1-3-14-38(15-4-1)34-51(41-31-33-57-53(35-41)49-21-10-12-25-56(49)60-57)39-26-28-40(29-27-39)52-36-43-16-13-23-45(58(43)50-22-8-7-19-46(50)52)42-30-32-48-47-20-9-11-24-54(47)59(55(48)37-42)44-17-5-2-6-18-44/h1-33,35-37,51H,34H2. The molecule has 0 aliphatic carbocycles. The molecule has 0 fully saturated rings. The van der Waals surface area contributed by atoms with Gasteiger partial charge in [-0.05, 0) is 115 Å². The molecule has 12 rings (SSSR count). The van der Waals surface area contributed by atoms with Crippen LogP contribution in [0, 0.1) is 0 Å². The maximum Gasteiger partial charge on any atom is 0.0547 e. The Kier molecular flexibility index (Phi) is 8.24. The van der Waals surface area contributed by atoms with Crippen molar-refractivity contribution in [3.63, 3.8) is 0 Å². The molecule has 0 aliphatic rings. The average Bonchev–Trinajstić information content (AvgIpc) is 3.86. The van der Waals surface area contributed by atoms with E-state index < -0.39 is 0 Å². The Morgan fingerprint density at radius 2 is 1.03 bits per heavy atom. The van der Waals surface area contributed by atoms with Crippen molar-refractivity contribution in [2.45, 2.75) is 12.3 Å². The number of hydrogen-bond acceptors (Lipinski definition) is 1. The van der Waals surface area contributed by atoms with Gasteiger partial charge < -0.3 is 4.57 Å². The molecule has 0 saturated heterocycles. The molecule has 0 amide bonds. The second kappa shape index (κ2) is 14.2. The van der Waals surface area contributed by atoms with Crippen LogP contribution in [0.1, 0.15) is 22.6 Å². The van der Waals surface area contributed by atoms with E-state index in [0.717, 1.165) is 6.42 Å². The fourth-order valence-corrected chi connectivity index (χ4v) is 10.9. The molecular formula is C58H39NS. The van der Waals surface area contributed by atoms with Gasteiger partial charge in [0.2, 0.25) is 0 Å². The predicted octanol–water partition coefficient (Wildman–Crippen LogP) is 16.2. The lowest BCUT2D eigenvalue weighted by atomic mass is 9.84. The van der Waals surface area contributed by atoms with E-state index in [0.29, 0.717) is 0 Å². The summed E-state index contributed by atoms with van der Waals surface area (Å²) in [6.07, 6.45) is 0.938. The summed E-state index contributed by atoms with van der Waals surface area (Å²) in [5.41, 5.74) is 12.6. The molecule has 1 atom stereocenters. The molecule has 1 nitrogen and oxygen atoms in total. The number of fused-ring (bicyclic) bond motifs is 9. The monoisotopic (exact) mass is 781 g/mol. The molecule has 2 heterocycles. The van der Waals surface area contributed by atoms with Crippen LogP contribution < -0.4 is 0 Å². The quantitative estimate of drug-likeness (QED) is 0.142. The van der Waals surface area contributed by atoms with Gasteiger partial charge in [-0.1, -0.05) is 170 Å². The summed E-state index contributed by atoms with van der Waals surface area (Å²) >= 11 is 1.88. The Balaban J connectivity index is 0.977. The minimum Gasteiger partial charge on any atom is -0.309 e. The fraction of sp³-hybridized carbons (Fsp3) is 0.0345. The molecule has 12 aromatic rings. The molecule has 0 saturated carbocycles. The zero-order valence-corrected chi connectivity index (χ0v) is 33.7. The molecule has 0 aliphatic heterocycles. The van der Waals surface area contributed by atoms with Gasteiger partial charge >= 0.3 is 0 Å². The van der Waals surface area contributed by atoms with Gasteiger partial charge in [-0.3, -0.25) is 0 Å². The van der Waals surface area contributed by atoms with E-state index in [4.69, 9.17) is 0 Å². The van der Waals surface area contributed by atoms with E-state index >= 15 is 0 Å². The Bertz CT molecular complexity index is 3560. The smallest absolute Gasteiger partial charge is 0.0547 e. The van der Waals surface area contributed by atoms with Crippen molar-refractivity contribution >= 4 is 74.9 Å². The Hall–Kier alpha value is -7.26. The van der Waals surface area contributed by atoms with Crippen LogP contribution in [0.5, 0.6) is 0 Å². The topological polar surface area (TPSA) is 4.93 Å². The molecule has 0 bridgehead atoms. The highest BCUT2D eigenvalue weighted by atomic mass is 32.1. The number of thiophene rings is 1. The lowest BCUT2D eigenvalue weighted by molar-refractivity contribution is 0.807. The lowest BCUT2D eigenvalue weighted by Gasteiger charge is -2.20. The molecule has 0 N–H and O–H groups in total. The van der Waals surface area contributed by atoms with Crippen LogP contribution >= 0.6 is 11.3 Å². The van der Waals surface area contributed by atoms with E-state index in [1.807, 2.05) is 11.3 Å². The number of hydrogen-bond donors (Lipinski definition) is 0. The van der Waals surface area contributed by atoms with Crippen LogP contribution in [0.25, 0.3) is 91.5 Å². The molecule has 10 aromatic carbocycles. The van der Waals surface area contributed by atoms with Crippen LogP contribution in [0.3, 0.4) is 0 Å². The summed E-state index contributed by atoms with van der Waals surface area (Å²) in [6, 6.07) is 81.0. The lowest BCUT2D eigenvalue weighted by Crippen LogP contribution is -2.05. The summed E-state index contributed by atoms with van der Waals surface area (Å²) < 4.78 is 5.10. The summed E-state index contributed by atoms with van der Waals surface area (Å²) in [4.78, 5) is 0. The van der Waals surface area contributed by atoms with Crippen molar-refractivity contribution in [2.75, 3.05) is 0 Å². The highest BCUT2D eigenvalue weighted by molar-refractivity contribution is 7.25. The molecule has 1 unspecified atom stereocenters. The van der Waals surface area contributed by atoms with Crippen LogP contribution in [-0.2, 0) is 6.42 Å². The third-order valence-corrected chi connectivity index (χ3v) is 13.7. The second-order valence-electron chi connectivity index (χ2n) is 16.0. The number of para-hydroxylation sites is 2. The number of rotatable bonds is 7. The SMILES string of the molecule is c1ccc(CC(c2ccc(-c3cc4cccc(-c5ccc6c7ccccc7n(-c7ccccc7)c6c5)c4c4ccccc34)cc2)c2ccc3sc4ccccc4c3c2)cc1. The number of nitrogens with zero attached hydrogens (tertiary/aromatic N) is 1. The first kappa shape index (κ1) is 34.8. The number of benzene rings is 10. The van der Waals surface area contributed by atoms with Crippen LogP contribution in [0.15, 0.2) is 218 Å². The van der Waals surface area contributed by atoms with Gasteiger partial charge in [-0.25, -0.2) is 0 Å². The van der Waals surface area contributed by atoms with E-state index in [-0.39, 0.29) is 5.92 Å². The summed E-state index contributed by atoms with van der Waals surface area (Å²) in [7, 11) is 0. The maximum atomic E-state index is 2.45. The normalized spacial score (nSPS) is 12.3. The van der Waals surface area contributed by atoms with E-state index in [2.05, 4.69) is 223 Å². The van der Waals surface area contributed by atoms with Gasteiger partial charge in [0.05, 0.1) is 11.0 Å². The Morgan fingerprint density at radius 1 is 0.383 bits per heavy atom. The van der Waals surface area contributed by atoms with Gasteiger partial charge in [0.1, 0.15) is 0 Å². The van der Waals surface area contributed by atoms with Crippen molar-refractivity contribution in [3.8, 4) is 27.9 Å². The van der Waals surface area contributed by atoms with Crippen molar-refractivity contribution < 1.29 is 0 Å². The summed E-state index contributed by atoms with van der Waals surface area (Å²) in [5.74, 6) is 0.221. The maximum absolute atomic E-state index is 2.45. The minimum absolute atomic E-state index is 0.221. The molecular weight excluding hydrogens is 743 g/mol. The molecule has 2 aromatic heterocycles. The van der Waals surface area contributed by atoms with Gasteiger partial charge in [0.15, 0.2) is 0 Å². The zero-order valence-electron chi connectivity index (χ0n) is 32.9. The average molecular weight is 782 g/mol. The second-order valence-corrected chi connectivity index (χ2v) is 17.1. The first-order valence-electron chi connectivity index (χ1n) is 20.8. The van der Waals surface area contributed by atoms with Crippen LogP contribution in [0.2, 0.25) is 0 Å². The highest BCUT2D eigenvalue weighted by Crippen LogP contribution is 2.43. The van der Waals surface area contributed by atoms with Gasteiger partial charge in [-0.2, -0.15) is 0 Å². The Morgan fingerprint density at radius 3 is 1.87 bits per heavy atom. The zero-order chi connectivity index (χ0) is 39.6. The van der Waals surface area contributed by atoms with Gasteiger partial charge in [0, 0.05) is 42.6 Å². The summed E-state index contributed by atoms with van der Waals surface area (Å²) in [5, 5.41) is 10.3. The van der Waals surface area contributed by atoms with E-state index in [9.17, 15) is 0 Å². The minimum atomic E-state index is 0.221. The molecule has 0 radical (unpaired) electrons. The van der Waals surface area contributed by atoms with Crippen molar-refractivity contribution in [2.24, 2.45) is 0 Å². The molecule has 60 heavy (non-hydrogen) atoms. The van der Waals surface area contributed by atoms with Crippen molar-refractivity contribution in [1.29, 1.82) is 0 Å². The first-order valence-corrected chi connectivity index (χ1v) is 21.7. The van der Waals surface area contributed by atoms with Crippen molar-refractivity contribution in [1.82, 2.24) is 4.57 Å². The molecule has 0 spiro atoms. The van der Waals surface area contributed by atoms with E-state index in [1.165, 1.54) is 108 Å². The van der Waals surface area contributed by atoms with Crippen LogP contribution in [-0.4, -0.2) is 4.57 Å². The van der Waals surface area contributed by atoms with Gasteiger partial charge in [0.25, 0.3) is 0 Å². The largest absolute Gasteiger partial charge is 0.309 e.